The lowest BCUT2D eigenvalue weighted by Gasteiger charge is -2.05. The maximum absolute atomic E-state index is 13.7. The van der Waals surface area contributed by atoms with Gasteiger partial charge in [0.2, 0.25) is 0 Å². The van der Waals surface area contributed by atoms with Crippen LogP contribution in [0.4, 0.5) is 14.6 Å². The van der Waals surface area contributed by atoms with Crippen molar-refractivity contribution in [3.8, 4) is 17.1 Å². The van der Waals surface area contributed by atoms with Crippen LogP contribution in [-0.2, 0) is 0 Å². The Balaban J connectivity index is 2.58. The van der Waals surface area contributed by atoms with Gasteiger partial charge in [-0.05, 0) is 12.1 Å². The summed E-state index contributed by atoms with van der Waals surface area (Å²) in [6.45, 7) is 0. The predicted octanol–water partition coefficient (Wildman–Crippen LogP) is 2.21. The largest absolute Gasteiger partial charge is 0.491 e. The summed E-state index contributed by atoms with van der Waals surface area (Å²) < 4.78 is 36.2. The van der Waals surface area contributed by atoms with Gasteiger partial charge in [-0.3, -0.25) is 0 Å². The molecule has 2 rings (SSSR count). The standard InChI is InChI=1S/C10H8F2N2O2/c1-15-10-6(11)3-2-5(9(10)12)7-4-8(13)14-16-7/h2-4H,1H3,(H2,13,14). The van der Waals surface area contributed by atoms with Gasteiger partial charge in [0, 0.05) is 6.07 Å². The highest BCUT2D eigenvalue weighted by Crippen LogP contribution is 2.31. The van der Waals surface area contributed by atoms with Crippen LogP contribution in [0.5, 0.6) is 5.75 Å². The van der Waals surface area contributed by atoms with Gasteiger partial charge in [-0.15, -0.1) is 0 Å². The van der Waals surface area contributed by atoms with Crippen molar-refractivity contribution in [2.24, 2.45) is 0 Å². The predicted molar refractivity (Wildman–Crippen MR) is 52.8 cm³/mol. The van der Waals surface area contributed by atoms with Gasteiger partial charge in [-0.1, -0.05) is 5.16 Å². The summed E-state index contributed by atoms with van der Waals surface area (Å²) in [6.07, 6.45) is 0. The number of nitrogens with zero attached hydrogens (tertiary/aromatic N) is 1. The molecular formula is C10H8F2N2O2. The maximum atomic E-state index is 13.7. The molecule has 2 N–H and O–H groups in total. The van der Waals surface area contributed by atoms with Crippen molar-refractivity contribution in [1.82, 2.24) is 5.16 Å². The average Bonchev–Trinajstić information content (AvgIpc) is 2.65. The van der Waals surface area contributed by atoms with Gasteiger partial charge in [0.25, 0.3) is 0 Å². The highest BCUT2D eigenvalue weighted by Gasteiger charge is 2.18. The van der Waals surface area contributed by atoms with Gasteiger partial charge in [-0.25, -0.2) is 8.78 Å². The number of hydrogen-bond acceptors (Lipinski definition) is 4. The fourth-order valence-electron chi connectivity index (χ4n) is 1.33. The second kappa shape index (κ2) is 3.80. The summed E-state index contributed by atoms with van der Waals surface area (Å²) in [5.74, 6) is -1.85. The first kappa shape index (κ1) is 10.4. The highest BCUT2D eigenvalue weighted by molar-refractivity contribution is 5.63. The second-order valence-electron chi connectivity index (χ2n) is 3.06. The normalized spacial score (nSPS) is 10.4. The smallest absolute Gasteiger partial charge is 0.191 e. The molecule has 0 atom stereocenters. The zero-order valence-electron chi connectivity index (χ0n) is 8.33. The zero-order valence-corrected chi connectivity index (χ0v) is 8.33. The van der Waals surface area contributed by atoms with E-state index in [0.717, 1.165) is 6.07 Å². The monoisotopic (exact) mass is 226 g/mol. The van der Waals surface area contributed by atoms with Crippen molar-refractivity contribution in [3.63, 3.8) is 0 Å². The first-order chi connectivity index (χ1) is 7.63. The van der Waals surface area contributed by atoms with E-state index < -0.39 is 17.4 Å². The molecule has 1 aromatic carbocycles. The van der Waals surface area contributed by atoms with Crippen molar-refractivity contribution in [2.75, 3.05) is 12.8 Å². The fraction of sp³-hybridized carbons (Fsp3) is 0.100. The maximum Gasteiger partial charge on any atom is 0.191 e. The van der Waals surface area contributed by atoms with E-state index in [1.54, 1.807) is 0 Å². The van der Waals surface area contributed by atoms with Gasteiger partial charge >= 0.3 is 0 Å². The van der Waals surface area contributed by atoms with E-state index in [1.807, 2.05) is 0 Å². The molecule has 0 aliphatic rings. The van der Waals surface area contributed by atoms with E-state index in [9.17, 15) is 8.78 Å². The minimum absolute atomic E-state index is 0.0439. The van der Waals surface area contributed by atoms with Gasteiger partial charge < -0.3 is 15.0 Å². The number of benzene rings is 1. The molecular weight excluding hydrogens is 218 g/mol. The van der Waals surface area contributed by atoms with Gasteiger partial charge in [-0.2, -0.15) is 0 Å². The van der Waals surface area contributed by atoms with Gasteiger partial charge in [0.1, 0.15) is 0 Å². The molecule has 0 aliphatic heterocycles. The molecule has 0 spiro atoms. The quantitative estimate of drug-likeness (QED) is 0.852. The Hall–Kier alpha value is -2.11. The number of nitrogen functional groups attached to an aromatic ring is 1. The highest BCUT2D eigenvalue weighted by atomic mass is 19.1. The minimum atomic E-state index is -0.848. The molecule has 84 valence electrons. The Kier molecular flexibility index (Phi) is 2.47. The number of nitrogens with two attached hydrogens (primary N) is 1. The van der Waals surface area contributed by atoms with E-state index in [0.29, 0.717) is 0 Å². The van der Waals surface area contributed by atoms with Crippen LogP contribution in [0.1, 0.15) is 0 Å². The number of anilines is 1. The number of aromatic nitrogens is 1. The van der Waals surface area contributed by atoms with Crippen LogP contribution in [0.2, 0.25) is 0 Å². The van der Waals surface area contributed by atoms with Crippen LogP contribution >= 0.6 is 0 Å². The lowest BCUT2D eigenvalue weighted by atomic mass is 10.1. The van der Waals surface area contributed by atoms with Crippen LogP contribution in [0, 0.1) is 11.6 Å². The van der Waals surface area contributed by atoms with Crippen molar-refractivity contribution in [3.05, 3.63) is 29.8 Å². The third-order valence-corrected chi connectivity index (χ3v) is 2.05. The molecule has 0 amide bonds. The lowest BCUT2D eigenvalue weighted by Crippen LogP contribution is -1.94. The van der Waals surface area contributed by atoms with Gasteiger partial charge in [0.15, 0.2) is 29.0 Å². The molecule has 0 saturated carbocycles. The number of hydrogen-bond donors (Lipinski definition) is 1. The zero-order chi connectivity index (χ0) is 11.7. The third kappa shape index (κ3) is 1.58. The number of halogens is 2. The molecule has 0 aliphatic carbocycles. The van der Waals surface area contributed by atoms with E-state index in [1.165, 1.54) is 19.2 Å². The molecule has 0 unspecified atom stereocenters. The van der Waals surface area contributed by atoms with E-state index in [4.69, 9.17) is 10.3 Å². The van der Waals surface area contributed by atoms with E-state index >= 15 is 0 Å². The molecule has 2 aromatic rings. The number of rotatable bonds is 2. The van der Waals surface area contributed by atoms with Crippen LogP contribution in [0.25, 0.3) is 11.3 Å². The molecule has 1 aromatic heterocycles. The molecule has 0 fully saturated rings. The molecule has 4 nitrogen and oxygen atoms in total. The molecule has 16 heavy (non-hydrogen) atoms. The Morgan fingerprint density at radius 1 is 1.38 bits per heavy atom. The summed E-state index contributed by atoms with van der Waals surface area (Å²) in [6, 6.07) is 3.65. The number of methoxy groups -OCH3 is 1. The molecule has 0 bridgehead atoms. The van der Waals surface area contributed by atoms with Crippen LogP contribution in [-0.4, -0.2) is 12.3 Å². The molecule has 0 saturated heterocycles. The Labute approximate surface area is 89.6 Å². The lowest BCUT2D eigenvalue weighted by molar-refractivity contribution is 0.359. The summed E-state index contributed by atoms with van der Waals surface area (Å²) in [5, 5.41) is 3.41. The Bertz CT molecular complexity index is 526. The average molecular weight is 226 g/mol. The van der Waals surface area contributed by atoms with Crippen LogP contribution < -0.4 is 10.5 Å². The van der Waals surface area contributed by atoms with Crippen molar-refractivity contribution in [1.29, 1.82) is 0 Å². The summed E-state index contributed by atoms with van der Waals surface area (Å²) >= 11 is 0. The first-order valence-corrected chi connectivity index (χ1v) is 4.38. The summed E-state index contributed by atoms with van der Waals surface area (Å²) in [5.41, 5.74) is 5.38. The molecule has 1 heterocycles. The SMILES string of the molecule is COc1c(F)ccc(-c2cc(N)no2)c1F. The Morgan fingerprint density at radius 3 is 2.69 bits per heavy atom. The first-order valence-electron chi connectivity index (χ1n) is 4.38. The van der Waals surface area contributed by atoms with Crippen molar-refractivity contribution in [2.45, 2.75) is 0 Å². The van der Waals surface area contributed by atoms with Gasteiger partial charge in [0.05, 0.1) is 12.7 Å². The summed E-state index contributed by atoms with van der Waals surface area (Å²) in [4.78, 5) is 0. The Morgan fingerprint density at radius 2 is 2.12 bits per heavy atom. The fourth-order valence-corrected chi connectivity index (χ4v) is 1.33. The summed E-state index contributed by atoms with van der Waals surface area (Å²) in [7, 11) is 1.18. The number of ether oxygens (including phenoxy) is 1. The van der Waals surface area contributed by atoms with E-state index in [-0.39, 0.29) is 17.1 Å². The van der Waals surface area contributed by atoms with Crippen molar-refractivity contribution < 1.29 is 18.0 Å². The van der Waals surface area contributed by atoms with Crippen LogP contribution in [0.15, 0.2) is 22.7 Å². The van der Waals surface area contributed by atoms with Crippen LogP contribution in [0.3, 0.4) is 0 Å². The third-order valence-electron chi connectivity index (χ3n) is 2.05. The van der Waals surface area contributed by atoms with E-state index in [2.05, 4.69) is 9.89 Å². The second-order valence-corrected chi connectivity index (χ2v) is 3.06. The minimum Gasteiger partial charge on any atom is -0.491 e. The molecule has 6 heteroatoms. The molecule has 0 radical (unpaired) electrons. The topological polar surface area (TPSA) is 61.3 Å². The van der Waals surface area contributed by atoms with Crippen molar-refractivity contribution >= 4 is 5.82 Å².